The Hall–Kier alpha value is -1.05. The minimum atomic E-state index is -9.46. The summed E-state index contributed by atoms with van der Waals surface area (Å²) in [5.74, 6) is -0.527. The van der Waals surface area contributed by atoms with E-state index in [-0.39, 0.29) is 18.9 Å². The molecule has 0 aliphatic rings. The smallest absolute Gasteiger partial charge is 0.305 e. The third-order valence-electron chi connectivity index (χ3n) is 1.33. The van der Waals surface area contributed by atoms with E-state index in [1.165, 1.54) is 7.11 Å². The molecule has 96 valence electrons. The van der Waals surface area contributed by atoms with E-state index < -0.39 is 21.6 Å². The third-order valence-corrected chi connectivity index (χ3v) is 2.00. The number of esters is 1. The van der Waals surface area contributed by atoms with E-state index in [1.54, 1.807) is 0 Å². The maximum atomic E-state index is 11.7. The molecule has 0 unspecified atom stereocenters. The standard InChI is InChI=1S/C8H11F5O2S/c1-15-8(14)6-4-2-3-5-7-16(9,10,11,12)13/h2-3,5,7H,4,6H2,1H3/b3-2+,7-5+. The zero-order chi connectivity index (χ0) is 12.9. The zero-order valence-corrected chi connectivity index (χ0v) is 9.15. The molecule has 0 aromatic carbocycles. The molecule has 0 bridgehead atoms. The molecule has 0 N–H and O–H groups in total. The maximum Gasteiger partial charge on any atom is 0.305 e. The number of hydrogen-bond donors (Lipinski definition) is 0. The fraction of sp³-hybridized carbons (Fsp3) is 0.375. The van der Waals surface area contributed by atoms with Crippen molar-refractivity contribution < 1.29 is 29.0 Å². The van der Waals surface area contributed by atoms with Crippen molar-refractivity contribution in [3.63, 3.8) is 0 Å². The Kier molecular flexibility index (Phi) is 3.81. The lowest BCUT2D eigenvalue weighted by Gasteiger charge is -2.36. The Labute approximate surface area is 89.5 Å². The normalized spacial score (nSPS) is 17.4. The Morgan fingerprint density at radius 1 is 1.19 bits per heavy atom. The number of carbonyl (C=O) groups excluding carboxylic acids is 1. The van der Waals surface area contributed by atoms with Crippen molar-refractivity contribution in [3.8, 4) is 0 Å². The molecule has 0 aliphatic heterocycles. The fourth-order valence-corrected chi connectivity index (χ4v) is 1.06. The van der Waals surface area contributed by atoms with E-state index in [0.717, 1.165) is 12.2 Å². The number of hydrogen-bond acceptors (Lipinski definition) is 2. The van der Waals surface area contributed by atoms with Crippen LogP contribution in [0.2, 0.25) is 0 Å². The van der Waals surface area contributed by atoms with Gasteiger partial charge in [0.1, 0.15) is 0 Å². The first-order valence-electron chi connectivity index (χ1n) is 4.09. The van der Waals surface area contributed by atoms with Crippen LogP contribution in [0.25, 0.3) is 0 Å². The van der Waals surface area contributed by atoms with Crippen molar-refractivity contribution in [2.45, 2.75) is 12.8 Å². The molecule has 0 radical (unpaired) electrons. The molecule has 16 heavy (non-hydrogen) atoms. The molecule has 0 aromatic heterocycles. The highest BCUT2D eigenvalue weighted by Crippen LogP contribution is 2.98. The third kappa shape index (κ3) is 11.0. The quantitative estimate of drug-likeness (QED) is 0.421. The number of halogens is 5. The fourth-order valence-electron chi connectivity index (χ4n) is 0.672. The molecule has 0 fully saturated rings. The molecule has 0 heterocycles. The van der Waals surface area contributed by atoms with Gasteiger partial charge in [0.05, 0.1) is 12.5 Å². The van der Waals surface area contributed by atoms with Gasteiger partial charge in [-0.15, -0.1) is 0 Å². The summed E-state index contributed by atoms with van der Waals surface area (Å²) in [4.78, 5) is 10.5. The Bertz CT molecular complexity index is 316. The minimum Gasteiger partial charge on any atom is -0.469 e. The van der Waals surface area contributed by atoms with Gasteiger partial charge in [0.15, 0.2) is 0 Å². The van der Waals surface area contributed by atoms with Crippen LogP contribution in [0.15, 0.2) is 23.6 Å². The number of methoxy groups -OCH3 is 1. The summed E-state index contributed by atoms with van der Waals surface area (Å²) < 4.78 is 62.8. The highest BCUT2D eigenvalue weighted by Gasteiger charge is 2.60. The second-order valence-electron chi connectivity index (χ2n) is 2.90. The zero-order valence-electron chi connectivity index (χ0n) is 8.34. The van der Waals surface area contributed by atoms with Gasteiger partial charge < -0.3 is 4.74 Å². The summed E-state index contributed by atoms with van der Waals surface area (Å²) >= 11 is 0. The van der Waals surface area contributed by atoms with Crippen LogP contribution in [-0.4, -0.2) is 13.1 Å². The van der Waals surface area contributed by atoms with Gasteiger partial charge in [-0.2, -0.15) is 0 Å². The number of carbonyl (C=O) groups is 1. The molecule has 8 heteroatoms. The largest absolute Gasteiger partial charge is 0.469 e. The molecule has 0 rings (SSSR count). The Balaban J connectivity index is 4.14. The van der Waals surface area contributed by atoms with Crippen LogP contribution in [-0.2, 0) is 9.53 Å². The lowest BCUT2D eigenvalue weighted by Crippen LogP contribution is -1.98. The summed E-state index contributed by atoms with van der Waals surface area (Å²) in [6.45, 7) is 0. The summed E-state index contributed by atoms with van der Waals surface area (Å²) in [5.41, 5.74) is 0. The van der Waals surface area contributed by atoms with Gasteiger partial charge in [-0.1, -0.05) is 31.6 Å². The van der Waals surface area contributed by atoms with Crippen molar-refractivity contribution in [2.75, 3.05) is 7.11 Å². The molecule has 2 nitrogen and oxygen atoms in total. The molecule has 0 saturated heterocycles. The van der Waals surface area contributed by atoms with Crippen LogP contribution in [0.5, 0.6) is 0 Å². The molecule has 0 spiro atoms. The summed E-state index contributed by atoms with van der Waals surface area (Å²) in [5, 5.41) is -1.05. The lowest BCUT2D eigenvalue weighted by molar-refractivity contribution is -0.140. The Morgan fingerprint density at radius 3 is 2.19 bits per heavy atom. The average Bonchev–Trinajstić information content (AvgIpc) is 2.06. The van der Waals surface area contributed by atoms with Crippen molar-refractivity contribution in [1.29, 1.82) is 0 Å². The van der Waals surface area contributed by atoms with Gasteiger partial charge in [-0.25, -0.2) is 0 Å². The first-order valence-corrected chi connectivity index (χ1v) is 6.10. The number of rotatable bonds is 5. The van der Waals surface area contributed by atoms with Crippen molar-refractivity contribution in [3.05, 3.63) is 23.6 Å². The summed E-state index contributed by atoms with van der Waals surface area (Å²) in [6.07, 6.45) is 2.28. The van der Waals surface area contributed by atoms with E-state index in [2.05, 4.69) is 4.74 Å². The van der Waals surface area contributed by atoms with E-state index >= 15 is 0 Å². The molecule has 0 amide bonds. The molecular formula is C8H11F5O2S. The monoisotopic (exact) mass is 266 g/mol. The predicted molar refractivity (Wildman–Crippen MR) is 52.7 cm³/mol. The molecule has 0 aliphatic carbocycles. The van der Waals surface area contributed by atoms with E-state index in [1.807, 2.05) is 0 Å². The van der Waals surface area contributed by atoms with Gasteiger partial charge in [-0.3, -0.25) is 4.79 Å². The van der Waals surface area contributed by atoms with Crippen LogP contribution in [0.3, 0.4) is 0 Å². The van der Waals surface area contributed by atoms with E-state index in [9.17, 15) is 24.2 Å². The van der Waals surface area contributed by atoms with Gasteiger partial charge >= 0.3 is 16.2 Å². The van der Waals surface area contributed by atoms with Crippen LogP contribution >= 0.6 is 10.2 Å². The highest BCUT2D eigenvalue weighted by molar-refractivity contribution is 8.48. The summed E-state index contributed by atoms with van der Waals surface area (Å²) in [6, 6.07) is 0. The van der Waals surface area contributed by atoms with Gasteiger partial charge in [-0.05, 0) is 12.5 Å². The van der Waals surface area contributed by atoms with E-state index in [4.69, 9.17) is 0 Å². The highest BCUT2D eigenvalue weighted by atomic mass is 32.5. The van der Waals surface area contributed by atoms with Crippen molar-refractivity contribution in [1.82, 2.24) is 0 Å². The van der Waals surface area contributed by atoms with Gasteiger partial charge in [0.25, 0.3) is 0 Å². The second-order valence-corrected chi connectivity index (χ2v) is 5.23. The first-order chi connectivity index (χ1) is 6.93. The van der Waals surface area contributed by atoms with Crippen LogP contribution < -0.4 is 0 Å². The molecule has 0 atom stereocenters. The second kappa shape index (κ2) is 4.08. The van der Waals surface area contributed by atoms with Crippen LogP contribution in [0.1, 0.15) is 12.8 Å². The van der Waals surface area contributed by atoms with E-state index in [0.29, 0.717) is 0 Å². The summed E-state index contributed by atoms with van der Waals surface area (Å²) in [7, 11) is -8.29. The lowest BCUT2D eigenvalue weighted by atomic mass is 10.3. The molecular weight excluding hydrogens is 255 g/mol. The van der Waals surface area contributed by atoms with Crippen molar-refractivity contribution >= 4 is 16.2 Å². The topological polar surface area (TPSA) is 26.3 Å². The number of ether oxygens (including phenoxy) is 1. The van der Waals surface area contributed by atoms with Crippen LogP contribution in [0.4, 0.5) is 19.4 Å². The average molecular weight is 266 g/mol. The van der Waals surface area contributed by atoms with Crippen molar-refractivity contribution in [2.24, 2.45) is 0 Å². The Morgan fingerprint density at radius 2 is 1.75 bits per heavy atom. The van der Waals surface area contributed by atoms with Gasteiger partial charge in [0.2, 0.25) is 0 Å². The first kappa shape index (κ1) is 14.9. The van der Waals surface area contributed by atoms with Gasteiger partial charge in [0, 0.05) is 6.42 Å². The molecule has 0 aromatic rings. The predicted octanol–water partition coefficient (Wildman–Crippen LogP) is 4.31. The van der Waals surface area contributed by atoms with Crippen LogP contribution in [0, 0.1) is 0 Å². The SMILES string of the molecule is COC(=O)CC/C=C/C=C/S(F)(F)(F)(F)F. The minimum absolute atomic E-state index is 0.0166. The molecule has 0 saturated carbocycles. The number of allylic oxidation sites excluding steroid dienone is 3. The maximum absolute atomic E-state index is 11.7.